The smallest absolute Gasteiger partial charge is 0.225 e. The lowest BCUT2D eigenvalue weighted by Crippen LogP contribution is -2.53. The highest BCUT2D eigenvalue weighted by Crippen LogP contribution is 2.26. The summed E-state index contributed by atoms with van der Waals surface area (Å²) in [5.41, 5.74) is 1.20. The van der Waals surface area contributed by atoms with E-state index < -0.39 is 5.82 Å². The van der Waals surface area contributed by atoms with E-state index in [0.717, 1.165) is 0 Å². The lowest BCUT2D eigenvalue weighted by molar-refractivity contribution is 0.0160. The second-order valence-electron chi connectivity index (χ2n) is 6.24. The van der Waals surface area contributed by atoms with Gasteiger partial charge in [-0.25, -0.2) is 14.4 Å². The maximum Gasteiger partial charge on any atom is 0.225 e. The van der Waals surface area contributed by atoms with Crippen molar-refractivity contribution in [2.45, 2.75) is 32.2 Å². The highest BCUT2D eigenvalue weighted by Gasteiger charge is 2.29. The Morgan fingerprint density at radius 3 is 2.68 bits per heavy atom. The number of hydrogen-bond donors (Lipinski definition) is 2. The van der Waals surface area contributed by atoms with Crippen LogP contribution in [0.1, 0.15) is 18.9 Å². The molecule has 25 heavy (non-hydrogen) atoms. The minimum atomic E-state index is -0.447. The molecule has 1 fully saturated rings. The zero-order valence-electron chi connectivity index (χ0n) is 14.1. The van der Waals surface area contributed by atoms with E-state index in [1.54, 1.807) is 37.5 Å². The summed E-state index contributed by atoms with van der Waals surface area (Å²) in [6, 6.07) is 4.89. The molecule has 3 rings (SSSR count). The quantitative estimate of drug-likeness (QED) is 0.794. The Balaban J connectivity index is 1.59. The van der Waals surface area contributed by atoms with Crippen LogP contribution >= 0.6 is 0 Å². The molecule has 2 N–H and O–H groups in total. The Bertz CT molecular complexity index is 703. The summed E-state index contributed by atoms with van der Waals surface area (Å²) >= 11 is 0. The van der Waals surface area contributed by atoms with Crippen molar-refractivity contribution in [2.75, 3.05) is 24.6 Å². The van der Waals surface area contributed by atoms with Crippen LogP contribution in [0.2, 0.25) is 0 Å². The van der Waals surface area contributed by atoms with Gasteiger partial charge in [0.1, 0.15) is 5.82 Å². The fraction of sp³-hybridized carbons (Fsp3) is 0.444. The zero-order valence-corrected chi connectivity index (χ0v) is 14.1. The number of anilines is 1. The number of ether oxygens (including phenoxy) is 1. The van der Waals surface area contributed by atoms with E-state index in [9.17, 15) is 9.50 Å². The normalized spacial score (nSPS) is 15.9. The standard InChI is InChI=1S/C18H22FN3O3/c1-12(24)5-6-25-15-9-22(10-15)18-20-7-14(8-21-18)16-4-2-3-13(11-23)17(16)19/h2-4,7-8,12,15,23-24H,5-6,9-11H2,1H3. The van der Waals surface area contributed by atoms with Gasteiger partial charge < -0.3 is 19.8 Å². The summed E-state index contributed by atoms with van der Waals surface area (Å²) in [5, 5.41) is 18.4. The van der Waals surface area contributed by atoms with Gasteiger partial charge in [-0.15, -0.1) is 0 Å². The van der Waals surface area contributed by atoms with Gasteiger partial charge in [0.2, 0.25) is 5.95 Å². The SMILES string of the molecule is CC(O)CCOC1CN(c2ncc(-c3cccc(CO)c3F)cn2)C1. The predicted octanol–water partition coefficient (Wildman–Crippen LogP) is 1.75. The van der Waals surface area contributed by atoms with E-state index in [1.165, 1.54) is 0 Å². The maximum atomic E-state index is 14.3. The van der Waals surface area contributed by atoms with Gasteiger partial charge in [-0.05, 0) is 13.3 Å². The Morgan fingerprint density at radius 2 is 2.04 bits per heavy atom. The zero-order chi connectivity index (χ0) is 17.8. The molecule has 0 saturated carbocycles. The highest BCUT2D eigenvalue weighted by molar-refractivity contribution is 5.64. The van der Waals surface area contributed by atoms with Crippen molar-refractivity contribution in [3.63, 3.8) is 0 Å². The van der Waals surface area contributed by atoms with E-state index >= 15 is 0 Å². The molecule has 134 valence electrons. The molecule has 1 aliphatic rings. The van der Waals surface area contributed by atoms with Gasteiger partial charge in [-0.3, -0.25) is 0 Å². The molecule has 0 spiro atoms. The van der Waals surface area contributed by atoms with Crippen LogP contribution in [-0.2, 0) is 11.3 Å². The summed E-state index contributed by atoms with van der Waals surface area (Å²) in [7, 11) is 0. The monoisotopic (exact) mass is 347 g/mol. The third-order valence-electron chi connectivity index (χ3n) is 4.22. The van der Waals surface area contributed by atoms with Crippen LogP contribution in [0.4, 0.5) is 10.3 Å². The topological polar surface area (TPSA) is 78.7 Å². The number of hydrogen-bond acceptors (Lipinski definition) is 6. The molecule has 7 heteroatoms. The fourth-order valence-electron chi connectivity index (χ4n) is 2.66. The van der Waals surface area contributed by atoms with E-state index in [0.29, 0.717) is 43.2 Å². The molecule has 2 aromatic rings. The van der Waals surface area contributed by atoms with Crippen molar-refractivity contribution in [2.24, 2.45) is 0 Å². The second-order valence-corrected chi connectivity index (χ2v) is 6.24. The summed E-state index contributed by atoms with van der Waals surface area (Å²) in [4.78, 5) is 10.6. The number of aliphatic hydroxyl groups excluding tert-OH is 2. The number of halogens is 1. The van der Waals surface area contributed by atoms with Crippen molar-refractivity contribution in [1.29, 1.82) is 0 Å². The molecule has 1 aromatic carbocycles. The van der Waals surface area contributed by atoms with Crippen molar-refractivity contribution < 1.29 is 19.3 Å². The average molecular weight is 347 g/mol. The molecule has 0 bridgehead atoms. The third kappa shape index (κ3) is 4.12. The third-order valence-corrected chi connectivity index (χ3v) is 4.22. The molecule has 1 aromatic heterocycles. The molecule has 1 atom stereocenters. The Morgan fingerprint density at radius 1 is 1.32 bits per heavy atom. The molecule has 2 heterocycles. The molecule has 0 amide bonds. The van der Waals surface area contributed by atoms with Crippen LogP contribution in [0.25, 0.3) is 11.1 Å². The molecule has 6 nitrogen and oxygen atoms in total. The molecule has 1 unspecified atom stereocenters. The second kappa shape index (κ2) is 7.86. The first-order chi connectivity index (χ1) is 12.1. The fourth-order valence-corrected chi connectivity index (χ4v) is 2.66. The number of rotatable bonds is 7. The van der Waals surface area contributed by atoms with Crippen molar-refractivity contribution in [3.8, 4) is 11.1 Å². The first-order valence-electron chi connectivity index (χ1n) is 8.33. The predicted molar refractivity (Wildman–Crippen MR) is 91.6 cm³/mol. The number of aromatic nitrogens is 2. The minimum Gasteiger partial charge on any atom is -0.393 e. The molecular weight excluding hydrogens is 325 g/mol. The van der Waals surface area contributed by atoms with Gasteiger partial charge in [0, 0.05) is 48.8 Å². The van der Waals surface area contributed by atoms with Crippen molar-refractivity contribution in [1.82, 2.24) is 9.97 Å². The number of nitrogens with zero attached hydrogens (tertiary/aromatic N) is 3. The van der Waals surface area contributed by atoms with Crippen molar-refractivity contribution >= 4 is 5.95 Å². The first-order valence-corrected chi connectivity index (χ1v) is 8.33. The number of benzene rings is 1. The van der Waals surface area contributed by atoms with Gasteiger partial charge in [-0.1, -0.05) is 18.2 Å². The van der Waals surface area contributed by atoms with Crippen LogP contribution < -0.4 is 4.90 Å². The van der Waals surface area contributed by atoms with Crippen LogP contribution in [0.15, 0.2) is 30.6 Å². The Kier molecular flexibility index (Phi) is 5.57. The maximum absolute atomic E-state index is 14.3. The Labute approximate surface area is 145 Å². The molecule has 1 aliphatic heterocycles. The lowest BCUT2D eigenvalue weighted by Gasteiger charge is -2.38. The highest BCUT2D eigenvalue weighted by atomic mass is 19.1. The average Bonchev–Trinajstić information content (AvgIpc) is 2.57. The van der Waals surface area contributed by atoms with Crippen molar-refractivity contribution in [3.05, 3.63) is 42.0 Å². The first kappa shape index (κ1) is 17.7. The lowest BCUT2D eigenvalue weighted by atomic mass is 10.1. The van der Waals surface area contributed by atoms with E-state index in [2.05, 4.69) is 9.97 Å². The molecule has 0 aliphatic carbocycles. The van der Waals surface area contributed by atoms with Gasteiger partial charge in [0.05, 0.1) is 18.8 Å². The van der Waals surface area contributed by atoms with Crippen LogP contribution in [-0.4, -0.2) is 52.1 Å². The molecule has 1 saturated heterocycles. The molecule has 0 radical (unpaired) electrons. The van der Waals surface area contributed by atoms with Crippen LogP contribution in [0.3, 0.4) is 0 Å². The Hall–Kier alpha value is -2.09. The van der Waals surface area contributed by atoms with Crippen LogP contribution in [0, 0.1) is 5.82 Å². The van der Waals surface area contributed by atoms with Gasteiger partial charge in [0.15, 0.2) is 0 Å². The number of aliphatic hydroxyl groups is 2. The van der Waals surface area contributed by atoms with Gasteiger partial charge >= 0.3 is 0 Å². The summed E-state index contributed by atoms with van der Waals surface area (Å²) in [6.07, 6.45) is 3.57. The van der Waals surface area contributed by atoms with E-state index in [-0.39, 0.29) is 24.4 Å². The summed E-state index contributed by atoms with van der Waals surface area (Å²) in [5.74, 6) is 0.134. The van der Waals surface area contributed by atoms with Crippen LogP contribution in [0.5, 0.6) is 0 Å². The summed E-state index contributed by atoms with van der Waals surface area (Å²) in [6.45, 7) is 3.34. The largest absolute Gasteiger partial charge is 0.393 e. The van der Waals surface area contributed by atoms with E-state index in [4.69, 9.17) is 9.84 Å². The van der Waals surface area contributed by atoms with Gasteiger partial charge in [-0.2, -0.15) is 0 Å². The van der Waals surface area contributed by atoms with Gasteiger partial charge in [0.25, 0.3) is 0 Å². The minimum absolute atomic E-state index is 0.126. The van der Waals surface area contributed by atoms with E-state index in [1.807, 2.05) is 4.90 Å². The summed E-state index contributed by atoms with van der Waals surface area (Å²) < 4.78 is 19.9. The molecular formula is C18H22FN3O3.